The molecule has 1 aromatic rings. The van der Waals surface area contributed by atoms with Gasteiger partial charge in [0.05, 0.1) is 0 Å². The van der Waals surface area contributed by atoms with Gasteiger partial charge in [-0.3, -0.25) is 4.79 Å². The van der Waals surface area contributed by atoms with Gasteiger partial charge in [0.1, 0.15) is 11.6 Å². The van der Waals surface area contributed by atoms with E-state index in [1.807, 2.05) is 0 Å². The summed E-state index contributed by atoms with van der Waals surface area (Å²) >= 11 is 5.96. The van der Waals surface area contributed by atoms with Crippen molar-refractivity contribution in [2.24, 2.45) is 11.7 Å². The molecule has 1 aliphatic carbocycles. The molecule has 1 aliphatic rings. The van der Waals surface area contributed by atoms with Gasteiger partial charge in [0, 0.05) is 23.4 Å². The van der Waals surface area contributed by atoms with Crippen LogP contribution in [0.2, 0.25) is 5.02 Å². The van der Waals surface area contributed by atoms with E-state index in [1.165, 1.54) is 18.2 Å². The van der Waals surface area contributed by atoms with E-state index < -0.39 is 0 Å². The van der Waals surface area contributed by atoms with Crippen molar-refractivity contribution in [3.8, 4) is 0 Å². The molecule has 2 N–H and O–H groups in total. The molecule has 2 atom stereocenters. The van der Waals surface area contributed by atoms with Crippen LogP contribution in [0.3, 0.4) is 0 Å². The maximum atomic E-state index is 13.1. The molecular weight excluding hydrogens is 253 g/mol. The first-order chi connectivity index (χ1) is 8.56. The molecule has 4 heteroatoms. The van der Waals surface area contributed by atoms with Crippen molar-refractivity contribution in [3.63, 3.8) is 0 Å². The number of nitrogens with two attached hydrogens (primary N) is 1. The van der Waals surface area contributed by atoms with Gasteiger partial charge in [0.15, 0.2) is 0 Å². The summed E-state index contributed by atoms with van der Waals surface area (Å²) in [5.74, 6) is -0.228. The minimum absolute atomic E-state index is 0.00749. The van der Waals surface area contributed by atoms with Crippen molar-refractivity contribution in [2.45, 2.75) is 38.1 Å². The third-order valence-corrected chi connectivity index (χ3v) is 3.91. The second kappa shape index (κ2) is 5.81. The number of hydrogen-bond acceptors (Lipinski definition) is 2. The lowest BCUT2D eigenvalue weighted by Gasteiger charge is -2.25. The van der Waals surface area contributed by atoms with E-state index in [9.17, 15) is 9.18 Å². The van der Waals surface area contributed by atoms with Crippen LogP contribution < -0.4 is 5.73 Å². The van der Waals surface area contributed by atoms with Crippen molar-refractivity contribution in [3.05, 3.63) is 34.6 Å². The molecule has 0 bridgehead atoms. The Labute approximate surface area is 111 Å². The van der Waals surface area contributed by atoms with E-state index in [2.05, 4.69) is 0 Å². The molecule has 0 heterocycles. The largest absolute Gasteiger partial charge is 0.328 e. The number of rotatable bonds is 3. The molecule has 0 radical (unpaired) electrons. The second-order valence-electron chi connectivity index (χ2n) is 5.00. The zero-order valence-corrected chi connectivity index (χ0v) is 10.9. The van der Waals surface area contributed by atoms with E-state index in [0.717, 1.165) is 25.7 Å². The van der Waals surface area contributed by atoms with Crippen LogP contribution in [-0.2, 0) is 11.2 Å². The Hall–Kier alpha value is -0.930. The van der Waals surface area contributed by atoms with Crippen LogP contribution in [0.4, 0.5) is 4.39 Å². The second-order valence-corrected chi connectivity index (χ2v) is 5.41. The van der Waals surface area contributed by atoms with Crippen molar-refractivity contribution in [2.75, 3.05) is 0 Å². The third-order valence-electron chi connectivity index (χ3n) is 3.54. The summed E-state index contributed by atoms with van der Waals surface area (Å²) in [6.07, 6.45) is 3.82. The quantitative estimate of drug-likeness (QED) is 0.916. The molecule has 0 aromatic heterocycles. The van der Waals surface area contributed by atoms with Gasteiger partial charge in [-0.15, -0.1) is 0 Å². The van der Waals surface area contributed by atoms with Gasteiger partial charge in [-0.25, -0.2) is 4.39 Å². The highest BCUT2D eigenvalue weighted by molar-refractivity contribution is 6.31. The maximum Gasteiger partial charge on any atom is 0.140 e. The Kier molecular flexibility index (Phi) is 4.36. The first-order valence-electron chi connectivity index (χ1n) is 6.28. The predicted octanol–water partition coefficient (Wildman–Crippen LogP) is 3.11. The van der Waals surface area contributed by atoms with Crippen LogP contribution in [0.15, 0.2) is 18.2 Å². The molecule has 98 valence electrons. The number of carbonyl (C=O) groups excluding carboxylic acids is 1. The van der Waals surface area contributed by atoms with Gasteiger partial charge in [0.2, 0.25) is 0 Å². The van der Waals surface area contributed by atoms with Crippen molar-refractivity contribution < 1.29 is 9.18 Å². The van der Waals surface area contributed by atoms with E-state index in [1.54, 1.807) is 0 Å². The Morgan fingerprint density at radius 1 is 1.44 bits per heavy atom. The number of carbonyl (C=O) groups is 1. The molecule has 0 aliphatic heterocycles. The molecule has 1 fully saturated rings. The number of halogens is 2. The lowest BCUT2D eigenvalue weighted by atomic mass is 9.82. The van der Waals surface area contributed by atoms with E-state index >= 15 is 0 Å². The fraction of sp³-hybridized carbons (Fsp3) is 0.500. The number of ketones is 1. The minimum atomic E-state index is -0.359. The highest BCUT2D eigenvalue weighted by Crippen LogP contribution is 2.26. The van der Waals surface area contributed by atoms with E-state index in [0.29, 0.717) is 10.6 Å². The fourth-order valence-corrected chi connectivity index (χ4v) is 2.72. The average molecular weight is 270 g/mol. The summed E-state index contributed by atoms with van der Waals surface area (Å²) in [6.45, 7) is 0. The molecule has 1 saturated carbocycles. The van der Waals surface area contributed by atoms with Gasteiger partial charge in [-0.05, 0) is 43.0 Å². The monoisotopic (exact) mass is 269 g/mol. The Morgan fingerprint density at radius 2 is 2.22 bits per heavy atom. The molecule has 2 nitrogen and oxygen atoms in total. The van der Waals surface area contributed by atoms with Crippen molar-refractivity contribution in [1.29, 1.82) is 0 Å². The summed E-state index contributed by atoms with van der Waals surface area (Å²) in [7, 11) is 0. The SMILES string of the molecule is NC1CCCC(C(=O)Cc2cc(F)ccc2Cl)C1. The lowest BCUT2D eigenvalue weighted by Crippen LogP contribution is -2.32. The highest BCUT2D eigenvalue weighted by Gasteiger charge is 2.25. The molecule has 0 spiro atoms. The zero-order chi connectivity index (χ0) is 13.1. The number of Topliss-reactive ketones (excluding diaryl/α,β-unsaturated/α-hetero) is 1. The molecule has 2 unspecified atom stereocenters. The zero-order valence-electron chi connectivity index (χ0n) is 10.2. The van der Waals surface area contributed by atoms with Gasteiger partial charge in [0.25, 0.3) is 0 Å². The van der Waals surface area contributed by atoms with Crippen LogP contribution in [0.25, 0.3) is 0 Å². The molecule has 0 amide bonds. The molecule has 18 heavy (non-hydrogen) atoms. The lowest BCUT2D eigenvalue weighted by molar-refractivity contribution is -0.123. The van der Waals surface area contributed by atoms with Crippen LogP contribution >= 0.6 is 11.6 Å². The topological polar surface area (TPSA) is 43.1 Å². The maximum absolute atomic E-state index is 13.1. The Balaban J connectivity index is 2.04. The van der Waals surface area contributed by atoms with Gasteiger partial charge >= 0.3 is 0 Å². The summed E-state index contributed by atoms with van der Waals surface area (Å²) in [5.41, 5.74) is 6.44. The first kappa shape index (κ1) is 13.5. The van der Waals surface area contributed by atoms with Crippen LogP contribution in [0.5, 0.6) is 0 Å². The summed E-state index contributed by atoms with van der Waals surface area (Å²) in [5, 5.41) is 0.449. The van der Waals surface area contributed by atoms with Gasteiger partial charge in [-0.1, -0.05) is 18.0 Å². The molecule has 0 saturated heterocycles. The minimum Gasteiger partial charge on any atom is -0.328 e. The van der Waals surface area contributed by atoms with Crippen molar-refractivity contribution in [1.82, 2.24) is 0 Å². The average Bonchev–Trinajstić information content (AvgIpc) is 2.34. The standard InChI is InChI=1S/C14H17ClFNO/c15-13-5-4-11(16)6-10(13)8-14(18)9-2-1-3-12(17)7-9/h4-6,9,12H,1-3,7-8,17H2. The third kappa shape index (κ3) is 3.30. The normalized spacial score (nSPS) is 23.9. The van der Waals surface area contributed by atoms with Crippen LogP contribution in [0, 0.1) is 11.7 Å². The number of benzene rings is 1. The predicted molar refractivity (Wildman–Crippen MR) is 70.1 cm³/mol. The van der Waals surface area contributed by atoms with E-state index in [-0.39, 0.29) is 30.0 Å². The Bertz CT molecular complexity index is 449. The van der Waals surface area contributed by atoms with Crippen LogP contribution in [0.1, 0.15) is 31.2 Å². The van der Waals surface area contributed by atoms with Crippen LogP contribution in [-0.4, -0.2) is 11.8 Å². The summed E-state index contributed by atoms with van der Waals surface area (Å²) in [6, 6.07) is 4.25. The smallest absolute Gasteiger partial charge is 0.140 e. The van der Waals surface area contributed by atoms with Gasteiger partial charge in [-0.2, -0.15) is 0 Å². The van der Waals surface area contributed by atoms with Gasteiger partial charge < -0.3 is 5.73 Å². The highest BCUT2D eigenvalue weighted by atomic mass is 35.5. The molecule has 2 rings (SSSR count). The summed E-state index contributed by atoms with van der Waals surface area (Å²) in [4.78, 5) is 12.1. The molecule has 1 aromatic carbocycles. The fourth-order valence-electron chi connectivity index (χ4n) is 2.53. The number of hydrogen-bond donors (Lipinski definition) is 1. The summed E-state index contributed by atoms with van der Waals surface area (Å²) < 4.78 is 13.1. The Morgan fingerprint density at radius 3 is 2.94 bits per heavy atom. The first-order valence-corrected chi connectivity index (χ1v) is 6.66. The molecular formula is C14H17ClFNO. The van der Waals surface area contributed by atoms with Crippen molar-refractivity contribution >= 4 is 17.4 Å². The van der Waals surface area contributed by atoms with E-state index in [4.69, 9.17) is 17.3 Å².